The monoisotopic (exact) mass is 483 g/mol. The number of nitrogens with zero attached hydrogens (tertiary/aromatic N) is 4. The summed E-state index contributed by atoms with van der Waals surface area (Å²) in [5.74, 6) is 1.73. The molecular weight excluding hydrogens is 454 g/mol. The molecule has 1 aromatic carbocycles. The maximum atomic E-state index is 12.6. The van der Waals surface area contributed by atoms with Crippen molar-refractivity contribution in [3.8, 4) is 5.75 Å². The number of anilines is 1. The molecule has 180 valence electrons. The summed E-state index contributed by atoms with van der Waals surface area (Å²) < 4.78 is 6.98. The van der Waals surface area contributed by atoms with Crippen molar-refractivity contribution in [1.82, 2.24) is 19.9 Å². The maximum absolute atomic E-state index is 12.6. The van der Waals surface area contributed by atoms with Crippen LogP contribution in [0.2, 0.25) is 5.02 Å². The fourth-order valence-corrected chi connectivity index (χ4v) is 4.78. The van der Waals surface area contributed by atoms with E-state index < -0.39 is 0 Å². The summed E-state index contributed by atoms with van der Waals surface area (Å²) in [7, 11) is 3.21. The van der Waals surface area contributed by atoms with E-state index in [9.17, 15) is 9.59 Å². The molecule has 0 radical (unpaired) electrons. The van der Waals surface area contributed by atoms with Crippen molar-refractivity contribution < 1.29 is 9.53 Å². The van der Waals surface area contributed by atoms with E-state index in [0.717, 1.165) is 35.2 Å². The van der Waals surface area contributed by atoms with Crippen LogP contribution in [-0.4, -0.2) is 47.2 Å². The number of likely N-dealkylation sites (N-methyl/N-ethyl adjacent to an activating group) is 1. The number of carbonyl (C=O) groups is 1. The van der Waals surface area contributed by atoms with Gasteiger partial charge in [-0.05, 0) is 42.0 Å². The lowest BCUT2D eigenvalue weighted by atomic mass is 9.92. The van der Waals surface area contributed by atoms with E-state index in [1.807, 2.05) is 18.2 Å². The molecule has 3 aromatic rings. The Balaban J connectivity index is 1.62. The first-order valence-corrected chi connectivity index (χ1v) is 11.8. The van der Waals surface area contributed by atoms with Gasteiger partial charge in [-0.1, -0.05) is 31.5 Å². The zero-order valence-corrected chi connectivity index (χ0v) is 20.7. The van der Waals surface area contributed by atoms with E-state index in [1.54, 1.807) is 19.3 Å². The standard InChI is InChI=1S/C25H30ClN5O3/c1-15-7-16(2)13-31(12-15)25-28-11-19(26)20(29-25)9-17-5-6-21-18(8-17)10-22(24(33)30(21)4)34-14-23(32)27-3/h5-6,8,10-11,15-16H,7,9,12-14H2,1-4H3,(H,27,32)/t15-,16-/m1/s1. The van der Waals surface area contributed by atoms with Gasteiger partial charge in [-0.25, -0.2) is 9.97 Å². The summed E-state index contributed by atoms with van der Waals surface area (Å²) in [6.45, 7) is 6.18. The van der Waals surface area contributed by atoms with E-state index in [2.05, 4.69) is 29.0 Å². The third-order valence-electron chi connectivity index (χ3n) is 6.22. The van der Waals surface area contributed by atoms with Crippen LogP contribution in [0.3, 0.4) is 0 Å². The average Bonchev–Trinajstić information content (AvgIpc) is 2.81. The summed E-state index contributed by atoms with van der Waals surface area (Å²) in [4.78, 5) is 35.7. The van der Waals surface area contributed by atoms with E-state index in [4.69, 9.17) is 21.3 Å². The molecule has 0 saturated carbocycles. The van der Waals surface area contributed by atoms with Crippen LogP contribution in [0.25, 0.3) is 10.9 Å². The Labute approximate surface area is 203 Å². The summed E-state index contributed by atoms with van der Waals surface area (Å²) in [5.41, 5.74) is 2.23. The molecule has 2 atom stereocenters. The highest BCUT2D eigenvalue weighted by atomic mass is 35.5. The minimum Gasteiger partial charge on any atom is -0.478 e. The molecule has 3 heterocycles. The van der Waals surface area contributed by atoms with Gasteiger partial charge in [0.25, 0.3) is 11.5 Å². The average molecular weight is 484 g/mol. The number of fused-ring (bicyclic) bond motifs is 1. The number of nitrogens with one attached hydrogen (secondary N) is 1. The van der Waals surface area contributed by atoms with Gasteiger partial charge >= 0.3 is 0 Å². The third kappa shape index (κ3) is 5.17. The Kier molecular flexibility index (Phi) is 7.07. The normalized spacial score (nSPS) is 18.2. The van der Waals surface area contributed by atoms with Gasteiger partial charge in [-0.15, -0.1) is 0 Å². The van der Waals surface area contributed by atoms with Gasteiger partial charge in [0.1, 0.15) is 0 Å². The number of piperidine rings is 1. The van der Waals surface area contributed by atoms with Crippen LogP contribution < -0.4 is 20.5 Å². The number of hydrogen-bond donors (Lipinski definition) is 1. The second-order valence-electron chi connectivity index (χ2n) is 9.22. The number of carbonyl (C=O) groups excluding carboxylic acids is 1. The van der Waals surface area contributed by atoms with Gasteiger partial charge in [-0.3, -0.25) is 9.59 Å². The molecule has 8 nitrogen and oxygen atoms in total. The largest absolute Gasteiger partial charge is 0.478 e. The minimum atomic E-state index is -0.303. The van der Waals surface area contributed by atoms with E-state index in [0.29, 0.717) is 29.2 Å². The first kappa shape index (κ1) is 24.0. The molecule has 1 amide bonds. The first-order valence-electron chi connectivity index (χ1n) is 11.5. The van der Waals surface area contributed by atoms with Gasteiger partial charge < -0.3 is 19.5 Å². The Morgan fingerprint density at radius 2 is 1.97 bits per heavy atom. The van der Waals surface area contributed by atoms with Crippen molar-refractivity contribution in [3.63, 3.8) is 0 Å². The number of halogens is 1. The molecule has 4 rings (SSSR count). The number of rotatable bonds is 6. The van der Waals surface area contributed by atoms with Crippen LogP contribution in [-0.2, 0) is 18.3 Å². The zero-order valence-electron chi connectivity index (χ0n) is 20.0. The first-order chi connectivity index (χ1) is 16.2. The Morgan fingerprint density at radius 1 is 1.24 bits per heavy atom. The lowest BCUT2D eigenvalue weighted by Crippen LogP contribution is -2.39. The fourth-order valence-electron chi connectivity index (χ4n) is 4.62. The fraction of sp³-hybridized carbons (Fsp3) is 0.440. The summed E-state index contributed by atoms with van der Waals surface area (Å²) in [6.07, 6.45) is 3.42. The minimum absolute atomic E-state index is 0.131. The van der Waals surface area contributed by atoms with Crippen molar-refractivity contribution in [2.24, 2.45) is 18.9 Å². The zero-order chi connectivity index (χ0) is 24.4. The second kappa shape index (κ2) is 10.0. The highest BCUT2D eigenvalue weighted by molar-refractivity contribution is 6.31. The number of amides is 1. The molecule has 9 heteroatoms. The van der Waals surface area contributed by atoms with Crippen LogP contribution in [0.15, 0.2) is 35.3 Å². The molecule has 0 aliphatic carbocycles. The Morgan fingerprint density at radius 3 is 2.68 bits per heavy atom. The Bertz CT molecular complexity index is 1270. The van der Waals surface area contributed by atoms with E-state index >= 15 is 0 Å². The molecule has 0 unspecified atom stereocenters. The summed E-state index contributed by atoms with van der Waals surface area (Å²) in [5, 5.41) is 3.83. The molecule has 1 N–H and O–H groups in total. The smallest absolute Gasteiger partial charge is 0.293 e. The topological polar surface area (TPSA) is 89.3 Å². The SMILES string of the molecule is CNC(=O)COc1cc2cc(Cc3nc(N4C[C@H](C)C[C@@H](C)C4)ncc3Cl)ccc2n(C)c1=O. The van der Waals surface area contributed by atoms with Crippen LogP contribution in [0.4, 0.5) is 5.95 Å². The third-order valence-corrected chi connectivity index (χ3v) is 6.54. The molecule has 0 spiro atoms. The van der Waals surface area contributed by atoms with Gasteiger partial charge in [0, 0.05) is 39.0 Å². The number of ether oxygens (including phenoxy) is 1. The van der Waals surface area contributed by atoms with E-state index in [-0.39, 0.29) is 23.8 Å². The highest BCUT2D eigenvalue weighted by Gasteiger charge is 2.24. The highest BCUT2D eigenvalue weighted by Crippen LogP contribution is 2.27. The molecule has 2 aromatic heterocycles. The molecule has 1 aliphatic rings. The summed E-state index contributed by atoms with van der Waals surface area (Å²) in [6, 6.07) is 7.53. The van der Waals surface area contributed by atoms with Crippen molar-refractivity contribution in [1.29, 1.82) is 0 Å². The second-order valence-corrected chi connectivity index (χ2v) is 9.63. The summed E-state index contributed by atoms with van der Waals surface area (Å²) >= 11 is 6.47. The lowest BCUT2D eigenvalue weighted by molar-refractivity contribution is -0.122. The molecular formula is C25H30ClN5O3. The Hall–Kier alpha value is -3.13. The predicted octanol–water partition coefficient (Wildman–Crippen LogP) is 3.18. The lowest BCUT2D eigenvalue weighted by Gasteiger charge is -2.35. The predicted molar refractivity (Wildman–Crippen MR) is 134 cm³/mol. The molecule has 34 heavy (non-hydrogen) atoms. The number of aromatic nitrogens is 3. The van der Waals surface area contributed by atoms with Gasteiger partial charge in [0.05, 0.1) is 22.4 Å². The van der Waals surface area contributed by atoms with Crippen LogP contribution >= 0.6 is 11.6 Å². The molecule has 0 bridgehead atoms. The van der Waals surface area contributed by atoms with Gasteiger partial charge in [-0.2, -0.15) is 0 Å². The van der Waals surface area contributed by atoms with Crippen LogP contribution in [0.5, 0.6) is 5.75 Å². The van der Waals surface area contributed by atoms with Crippen molar-refractivity contribution in [3.05, 3.63) is 57.1 Å². The van der Waals surface area contributed by atoms with E-state index in [1.165, 1.54) is 18.0 Å². The number of aryl methyl sites for hydroxylation is 1. The quantitative estimate of drug-likeness (QED) is 0.579. The van der Waals surface area contributed by atoms with Crippen molar-refractivity contribution in [2.45, 2.75) is 26.7 Å². The van der Waals surface area contributed by atoms with Crippen LogP contribution in [0.1, 0.15) is 31.5 Å². The molecule has 1 aliphatic heterocycles. The number of hydrogen-bond acceptors (Lipinski definition) is 6. The van der Waals surface area contributed by atoms with Crippen molar-refractivity contribution >= 4 is 34.4 Å². The number of benzene rings is 1. The maximum Gasteiger partial charge on any atom is 0.293 e. The number of pyridine rings is 1. The van der Waals surface area contributed by atoms with Crippen molar-refractivity contribution in [2.75, 3.05) is 31.6 Å². The van der Waals surface area contributed by atoms with Crippen LogP contribution in [0, 0.1) is 11.8 Å². The molecule has 1 fully saturated rings. The molecule has 1 saturated heterocycles. The van der Waals surface area contributed by atoms with Gasteiger partial charge in [0.15, 0.2) is 12.4 Å². The van der Waals surface area contributed by atoms with Gasteiger partial charge in [0.2, 0.25) is 5.95 Å².